The van der Waals surface area contributed by atoms with Gasteiger partial charge in [-0.05, 0) is 50.6 Å². The zero-order valence-electron chi connectivity index (χ0n) is 18.9. The summed E-state index contributed by atoms with van der Waals surface area (Å²) < 4.78 is 17.5. The number of furan rings is 1. The number of aliphatic imine (C=N–C) groups is 1. The fourth-order valence-electron chi connectivity index (χ4n) is 3.55. The van der Waals surface area contributed by atoms with E-state index < -0.39 is 0 Å². The minimum absolute atomic E-state index is 0. The van der Waals surface area contributed by atoms with E-state index in [2.05, 4.69) is 39.6 Å². The highest BCUT2D eigenvalue weighted by Crippen LogP contribution is 2.23. The normalized spacial score (nSPS) is 16.8. The van der Waals surface area contributed by atoms with Crippen molar-refractivity contribution >= 4 is 29.9 Å². The van der Waals surface area contributed by atoms with E-state index in [0.717, 1.165) is 49.5 Å². The standard InChI is InChI=1S/C23H34N4O3.HI/c1-17-6-5-7-20(14-17)29-19(3)15-25-23(24-4)26-16-21(22-9-8-18(2)30-22)27-10-12-28-13-11-27;/h5-9,14,19,21H,10-13,15-16H2,1-4H3,(H2,24,25,26);1H. The Labute approximate surface area is 202 Å². The number of nitrogens with zero attached hydrogens (tertiary/aromatic N) is 2. The van der Waals surface area contributed by atoms with Crippen LogP contribution in [0, 0.1) is 13.8 Å². The predicted octanol–water partition coefficient (Wildman–Crippen LogP) is 3.52. The molecule has 31 heavy (non-hydrogen) atoms. The smallest absolute Gasteiger partial charge is 0.191 e. The molecule has 0 aliphatic carbocycles. The highest BCUT2D eigenvalue weighted by atomic mass is 127. The molecule has 0 saturated carbocycles. The van der Waals surface area contributed by atoms with E-state index >= 15 is 0 Å². The zero-order valence-corrected chi connectivity index (χ0v) is 21.2. The van der Waals surface area contributed by atoms with Crippen LogP contribution in [0.5, 0.6) is 5.75 Å². The summed E-state index contributed by atoms with van der Waals surface area (Å²) in [6.07, 6.45) is 0.00751. The van der Waals surface area contributed by atoms with Crippen molar-refractivity contribution in [2.24, 2.45) is 4.99 Å². The minimum Gasteiger partial charge on any atom is -0.489 e. The van der Waals surface area contributed by atoms with Gasteiger partial charge in [-0.25, -0.2) is 0 Å². The van der Waals surface area contributed by atoms with Crippen LogP contribution in [0.15, 0.2) is 45.8 Å². The lowest BCUT2D eigenvalue weighted by Crippen LogP contribution is -2.47. The predicted molar refractivity (Wildman–Crippen MR) is 135 cm³/mol. The molecule has 1 aliphatic rings. The van der Waals surface area contributed by atoms with Gasteiger partial charge in [0.2, 0.25) is 0 Å². The van der Waals surface area contributed by atoms with E-state index in [1.807, 2.05) is 38.1 Å². The maximum atomic E-state index is 6.00. The molecule has 0 bridgehead atoms. The zero-order chi connectivity index (χ0) is 21.3. The first-order chi connectivity index (χ1) is 14.5. The second-order valence-electron chi connectivity index (χ2n) is 7.69. The minimum atomic E-state index is 0. The number of ether oxygens (including phenoxy) is 2. The number of benzene rings is 1. The highest BCUT2D eigenvalue weighted by Gasteiger charge is 2.25. The molecule has 0 radical (unpaired) electrons. The molecule has 2 unspecified atom stereocenters. The van der Waals surface area contributed by atoms with Gasteiger partial charge in [0.05, 0.1) is 25.8 Å². The van der Waals surface area contributed by atoms with E-state index in [1.54, 1.807) is 7.05 Å². The van der Waals surface area contributed by atoms with Crippen LogP contribution >= 0.6 is 24.0 Å². The Hall–Kier alpha value is -1.78. The van der Waals surface area contributed by atoms with Crippen LogP contribution in [-0.4, -0.2) is 63.4 Å². The first-order valence-electron chi connectivity index (χ1n) is 10.6. The third kappa shape index (κ3) is 8.01. The molecule has 1 aromatic carbocycles. The molecule has 172 valence electrons. The second kappa shape index (κ2) is 12.9. The van der Waals surface area contributed by atoms with E-state index in [-0.39, 0.29) is 36.1 Å². The number of rotatable bonds is 8. The van der Waals surface area contributed by atoms with Crippen molar-refractivity contribution in [3.8, 4) is 5.75 Å². The summed E-state index contributed by atoms with van der Waals surface area (Å²) in [5, 5.41) is 6.80. The number of halogens is 1. The van der Waals surface area contributed by atoms with E-state index in [0.29, 0.717) is 13.1 Å². The molecule has 3 rings (SSSR count). The first kappa shape index (κ1) is 25.5. The third-order valence-electron chi connectivity index (χ3n) is 5.15. The summed E-state index contributed by atoms with van der Waals surface area (Å²) in [5.74, 6) is 3.52. The number of hydrogen-bond donors (Lipinski definition) is 2. The van der Waals surface area contributed by atoms with Crippen molar-refractivity contribution < 1.29 is 13.9 Å². The second-order valence-corrected chi connectivity index (χ2v) is 7.69. The molecule has 1 saturated heterocycles. The summed E-state index contributed by atoms with van der Waals surface area (Å²) in [5.41, 5.74) is 1.19. The fraction of sp³-hybridized carbons (Fsp3) is 0.522. The quantitative estimate of drug-likeness (QED) is 0.302. The Morgan fingerprint density at radius 3 is 2.52 bits per heavy atom. The Balaban J connectivity index is 0.00000341. The number of aryl methyl sites for hydroxylation is 2. The Morgan fingerprint density at radius 2 is 1.87 bits per heavy atom. The average Bonchev–Trinajstić information content (AvgIpc) is 3.17. The first-order valence-corrected chi connectivity index (χ1v) is 10.6. The summed E-state index contributed by atoms with van der Waals surface area (Å²) >= 11 is 0. The molecular formula is C23H35IN4O3. The van der Waals surface area contributed by atoms with Crippen LogP contribution in [0.4, 0.5) is 0 Å². The molecule has 0 amide bonds. The molecule has 1 aromatic heterocycles. The fourth-order valence-corrected chi connectivity index (χ4v) is 3.55. The molecule has 2 atom stereocenters. The van der Waals surface area contributed by atoms with Gasteiger partial charge in [-0.2, -0.15) is 0 Å². The van der Waals surface area contributed by atoms with Crippen molar-refractivity contribution in [1.82, 2.24) is 15.5 Å². The van der Waals surface area contributed by atoms with Crippen LogP contribution in [0.25, 0.3) is 0 Å². The van der Waals surface area contributed by atoms with Gasteiger partial charge in [0.25, 0.3) is 0 Å². The van der Waals surface area contributed by atoms with Gasteiger partial charge >= 0.3 is 0 Å². The van der Waals surface area contributed by atoms with Crippen LogP contribution in [0.3, 0.4) is 0 Å². The van der Waals surface area contributed by atoms with E-state index in [4.69, 9.17) is 13.9 Å². The molecule has 8 heteroatoms. The number of guanidine groups is 1. The van der Waals surface area contributed by atoms with Gasteiger partial charge in [-0.3, -0.25) is 9.89 Å². The highest BCUT2D eigenvalue weighted by molar-refractivity contribution is 14.0. The molecule has 2 aromatic rings. The van der Waals surface area contributed by atoms with Crippen LogP contribution in [0.2, 0.25) is 0 Å². The number of morpholine rings is 1. The maximum absolute atomic E-state index is 6.00. The summed E-state index contributed by atoms with van der Waals surface area (Å²) in [6.45, 7) is 10.7. The van der Waals surface area contributed by atoms with Crippen molar-refractivity contribution in [1.29, 1.82) is 0 Å². The van der Waals surface area contributed by atoms with Crippen molar-refractivity contribution in [3.05, 3.63) is 53.5 Å². The van der Waals surface area contributed by atoms with Crippen LogP contribution < -0.4 is 15.4 Å². The van der Waals surface area contributed by atoms with Gasteiger partial charge in [0.15, 0.2) is 5.96 Å². The van der Waals surface area contributed by atoms with Gasteiger partial charge in [0.1, 0.15) is 23.4 Å². The SMILES string of the molecule is CN=C(NCC(C)Oc1cccc(C)c1)NCC(c1ccc(C)o1)N1CCOCC1.I. The van der Waals surface area contributed by atoms with E-state index in [9.17, 15) is 0 Å². The van der Waals surface area contributed by atoms with Crippen molar-refractivity contribution in [2.75, 3.05) is 46.4 Å². The lowest BCUT2D eigenvalue weighted by Gasteiger charge is -2.33. The summed E-state index contributed by atoms with van der Waals surface area (Å²) in [6, 6.07) is 12.3. The lowest BCUT2D eigenvalue weighted by molar-refractivity contribution is 0.0124. The van der Waals surface area contributed by atoms with Gasteiger partial charge in [0, 0.05) is 26.7 Å². The van der Waals surface area contributed by atoms with Crippen molar-refractivity contribution in [2.45, 2.75) is 32.9 Å². The number of hydrogen-bond acceptors (Lipinski definition) is 5. The molecule has 7 nitrogen and oxygen atoms in total. The number of nitrogens with one attached hydrogen (secondary N) is 2. The molecule has 0 spiro atoms. The van der Waals surface area contributed by atoms with E-state index in [1.165, 1.54) is 5.56 Å². The Bertz CT molecular complexity index is 821. The maximum Gasteiger partial charge on any atom is 0.191 e. The Kier molecular flexibility index (Phi) is 10.6. The van der Waals surface area contributed by atoms with Crippen LogP contribution in [0.1, 0.15) is 30.0 Å². The van der Waals surface area contributed by atoms with Gasteiger partial charge in [-0.15, -0.1) is 24.0 Å². The molecule has 2 heterocycles. The summed E-state index contributed by atoms with van der Waals surface area (Å²) in [7, 11) is 1.78. The van der Waals surface area contributed by atoms with Crippen molar-refractivity contribution in [3.63, 3.8) is 0 Å². The monoisotopic (exact) mass is 542 g/mol. The summed E-state index contributed by atoms with van der Waals surface area (Å²) in [4.78, 5) is 6.76. The van der Waals surface area contributed by atoms with Crippen LogP contribution in [-0.2, 0) is 4.74 Å². The lowest BCUT2D eigenvalue weighted by atomic mass is 10.1. The topological polar surface area (TPSA) is 71.3 Å². The molecule has 2 N–H and O–H groups in total. The molecule has 1 aliphatic heterocycles. The molecule has 1 fully saturated rings. The largest absolute Gasteiger partial charge is 0.489 e. The average molecular weight is 542 g/mol. The van der Waals surface area contributed by atoms with Gasteiger partial charge < -0.3 is 24.5 Å². The Morgan fingerprint density at radius 1 is 1.13 bits per heavy atom. The van der Waals surface area contributed by atoms with Gasteiger partial charge in [-0.1, -0.05) is 12.1 Å². The molecular weight excluding hydrogens is 507 g/mol. The third-order valence-corrected chi connectivity index (χ3v) is 5.15.